The summed E-state index contributed by atoms with van der Waals surface area (Å²) in [6.45, 7) is 3.04. The number of hydrogen-bond acceptors (Lipinski definition) is 8. The number of hydrogen-bond donors (Lipinski definition) is 2. The molecule has 0 aromatic rings. The molecule has 0 bridgehead atoms. The van der Waals surface area contributed by atoms with Crippen LogP contribution in [0.5, 0.6) is 0 Å². The normalized spacial score (nSPS) is 14.2. The van der Waals surface area contributed by atoms with Gasteiger partial charge in [0, 0.05) is 19.4 Å². The molecule has 232 valence electrons. The number of nitrogens with two attached hydrogens (primary N) is 1. The third kappa shape index (κ3) is 26.5. The predicted molar refractivity (Wildman–Crippen MR) is 160 cm³/mol. The average molecular weight is 588 g/mol. The summed E-state index contributed by atoms with van der Waals surface area (Å²) in [5.74, 6) is -0.949. The minimum Gasteiger partial charge on any atom is -0.462 e. The first-order valence-corrected chi connectivity index (χ1v) is 16.5. The van der Waals surface area contributed by atoms with Crippen molar-refractivity contribution < 1.29 is 37.6 Å². The smallest absolute Gasteiger partial charge is 0.462 e. The maximum Gasteiger partial charge on any atom is 0.472 e. The molecule has 0 aliphatic rings. The Labute approximate surface area is 242 Å². The monoisotopic (exact) mass is 587 g/mol. The topological polar surface area (TPSA) is 134 Å². The zero-order valence-corrected chi connectivity index (χ0v) is 25.7. The van der Waals surface area contributed by atoms with E-state index in [1.807, 2.05) is 0 Å². The van der Waals surface area contributed by atoms with E-state index in [0.29, 0.717) is 6.42 Å². The Morgan fingerprint density at radius 1 is 0.775 bits per heavy atom. The molecule has 2 atom stereocenters. The lowest BCUT2D eigenvalue weighted by molar-refractivity contribution is -0.161. The van der Waals surface area contributed by atoms with Crippen LogP contribution in [0.3, 0.4) is 0 Å². The lowest BCUT2D eigenvalue weighted by Crippen LogP contribution is -2.29. The standard InChI is InChI=1S/C30H54NO8P/c1-3-5-6-7-8-9-10-11-12-13-14-15-16-17-18-19-20-21-22-23-30(33)39-28(26-36-29(32)4-2)27-38-40(34,35)37-25-24-31/h8-9,11-12,14-15,28H,3-7,10,13,16-27,31H2,1-2H3,(H,34,35)/b9-8-,12-11-,15-14-. The molecular formula is C30H54NO8P. The van der Waals surface area contributed by atoms with Crippen LogP contribution in [0.15, 0.2) is 36.5 Å². The van der Waals surface area contributed by atoms with Gasteiger partial charge in [0.05, 0.1) is 13.2 Å². The molecule has 0 rings (SSSR count). The van der Waals surface area contributed by atoms with Crippen molar-refractivity contribution >= 4 is 19.8 Å². The molecule has 9 nitrogen and oxygen atoms in total. The molecule has 3 N–H and O–H groups in total. The fourth-order valence-corrected chi connectivity index (χ4v) is 4.33. The van der Waals surface area contributed by atoms with Gasteiger partial charge in [-0.15, -0.1) is 0 Å². The average Bonchev–Trinajstić information content (AvgIpc) is 2.94. The molecule has 0 aliphatic carbocycles. The second-order valence-corrected chi connectivity index (χ2v) is 11.0. The molecule has 0 aromatic heterocycles. The van der Waals surface area contributed by atoms with Crippen LogP contribution in [0.2, 0.25) is 0 Å². The quantitative estimate of drug-likeness (QED) is 0.0447. The minimum absolute atomic E-state index is 0.0487. The second kappa shape index (κ2) is 27.4. The summed E-state index contributed by atoms with van der Waals surface area (Å²) >= 11 is 0. The fourth-order valence-electron chi connectivity index (χ4n) is 3.56. The van der Waals surface area contributed by atoms with Crippen molar-refractivity contribution in [1.29, 1.82) is 0 Å². The summed E-state index contributed by atoms with van der Waals surface area (Å²) in [4.78, 5) is 33.3. The Hall–Kier alpha value is -1.77. The molecule has 40 heavy (non-hydrogen) atoms. The number of rotatable bonds is 27. The van der Waals surface area contributed by atoms with Crippen molar-refractivity contribution in [2.24, 2.45) is 5.73 Å². The van der Waals surface area contributed by atoms with Crippen LogP contribution in [0.4, 0.5) is 0 Å². The van der Waals surface area contributed by atoms with E-state index in [2.05, 4.69) is 47.9 Å². The van der Waals surface area contributed by atoms with E-state index in [4.69, 9.17) is 19.7 Å². The number of carbonyl (C=O) groups excluding carboxylic acids is 2. The lowest BCUT2D eigenvalue weighted by Gasteiger charge is -2.19. The van der Waals surface area contributed by atoms with Crippen molar-refractivity contribution in [3.63, 3.8) is 0 Å². The highest BCUT2D eigenvalue weighted by atomic mass is 31.2. The van der Waals surface area contributed by atoms with Crippen molar-refractivity contribution in [2.45, 2.75) is 116 Å². The summed E-state index contributed by atoms with van der Waals surface area (Å²) in [7, 11) is -4.34. The molecule has 0 radical (unpaired) electrons. The van der Waals surface area contributed by atoms with Gasteiger partial charge >= 0.3 is 19.8 Å². The van der Waals surface area contributed by atoms with Gasteiger partial charge in [0.2, 0.25) is 0 Å². The van der Waals surface area contributed by atoms with Gasteiger partial charge in [-0.3, -0.25) is 18.6 Å². The number of esters is 2. The Bertz CT molecular complexity index is 769. The highest BCUT2D eigenvalue weighted by molar-refractivity contribution is 7.47. The Kier molecular flexibility index (Phi) is 26.2. The third-order valence-electron chi connectivity index (χ3n) is 5.83. The Morgan fingerprint density at radius 2 is 1.35 bits per heavy atom. The molecular weight excluding hydrogens is 533 g/mol. The zero-order valence-electron chi connectivity index (χ0n) is 24.8. The minimum atomic E-state index is -4.34. The molecule has 0 amide bonds. The van der Waals surface area contributed by atoms with E-state index in [1.54, 1.807) is 6.92 Å². The van der Waals surface area contributed by atoms with Crippen molar-refractivity contribution in [2.75, 3.05) is 26.4 Å². The number of allylic oxidation sites excluding steroid dienone is 6. The number of phosphoric ester groups is 1. The SMILES string of the molecule is CCCCC/C=C\C/C=C\C/C=C\CCCCCCCCC(=O)OC(COC(=O)CC)COP(=O)(O)OCCN. The lowest BCUT2D eigenvalue weighted by atomic mass is 10.1. The largest absolute Gasteiger partial charge is 0.472 e. The molecule has 0 aliphatic heterocycles. The van der Waals surface area contributed by atoms with Gasteiger partial charge in [-0.05, 0) is 44.9 Å². The van der Waals surface area contributed by atoms with Crippen LogP contribution in [0.1, 0.15) is 110 Å². The first-order valence-electron chi connectivity index (χ1n) is 15.0. The molecule has 2 unspecified atom stereocenters. The number of phosphoric acid groups is 1. The summed E-state index contributed by atoms with van der Waals surface area (Å²) in [5.41, 5.74) is 5.25. The summed E-state index contributed by atoms with van der Waals surface area (Å²) in [6.07, 6.45) is 27.0. The van der Waals surface area contributed by atoms with E-state index >= 15 is 0 Å². The van der Waals surface area contributed by atoms with Gasteiger partial charge in [0.15, 0.2) is 6.10 Å². The fraction of sp³-hybridized carbons (Fsp3) is 0.733. The van der Waals surface area contributed by atoms with Crippen LogP contribution >= 0.6 is 7.82 Å². The molecule has 0 saturated heterocycles. The number of unbranched alkanes of at least 4 members (excludes halogenated alkanes) is 9. The number of ether oxygens (including phenoxy) is 2. The third-order valence-corrected chi connectivity index (χ3v) is 6.82. The molecule has 0 saturated carbocycles. The summed E-state index contributed by atoms with van der Waals surface area (Å²) in [6, 6.07) is 0. The van der Waals surface area contributed by atoms with Gasteiger partial charge in [0.25, 0.3) is 0 Å². The van der Waals surface area contributed by atoms with Crippen LogP contribution < -0.4 is 5.73 Å². The van der Waals surface area contributed by atoms with Gasteiger partial charge in [0.1, 0.15) is 6.61 Å². The molecule has 0 aromatic carbocycles. The van der Waals surface area contributed by atoms with E-state index in [9.17, 15) is 19.0 Å². The molecule has 0 heterocycles. The number of carbonyl (C=O) groups is 2. The highest BCUT2D eigenvalue weighted by Gasteiger charge is 2.25. The van der Waals surface area contributed by atoms with E-state index in [0.717, 1.165) is 51.4 Å². The van der Waals surface area contributed by atoms with Gasteiger partial charge in [-0.1, -0.05) is 88.8 Å². The zero-order chi connectivity index (χ0) is 29.7. The Morgan fingerprint density at radius 3 is 1.95 bits per heavy atom. The maximum atomic E-state index is 12.2. The second-order valence-electron chi connectivity index (χ2n) is 9.58. The first kappa shape index (κ1) is 38.2. The van der Waals surface area contributed by atoms with Crippen molar-refractivity contribution in [3.8, 4) is 0 Å². The van der Waals surface area contributed by atoms with Crippen molar-refractivity contribution in [3.05, 3.63) is 36.5 Å². The molecule has 0 spiro atoms. The van der Waals surface area contributed by atoms with Gasteiger partial charge in [-0.2, -0.15) is 0 Å². The maximum absolute atomic E-state index is 12.2. The van der Waals surface area contributed by atoms with Crippen LogP contribution in [-0.2, 0) is 32.7 Å². The van der Waals surface area contributed by atoms with E-state index in [1.165, 1.54) is 25.7 Å². The van der Waals surface area contributed by atoms with E-state index in [-0.39, 0.29) is 32.6 Å². The Balaban J connectivity index is 3.95. The molecule has 10 heteroatoms. The molecule has 0 fully saturated rings. The van der Waals surface area contributed by atoms with Crippen LogP contribution in [0.25, 0.3) is 0 Å². The highest BCUT2D eigenvalue weighted by Crippen LogP contribution is 2.43. The van der Waals surface area contributed by atoms with E-state index < -0.39 is 32.5 Å². The van der Waals surface area contributed by atoms with Crippen LogP contribution in [-0.4, -0.2) is 49.3 Å². The van der Waals surface area contributed by atoms with Gasteiger partial charge < -0.3 is 20.1 Å². The van der Waals surface area contributed by atoms with Crippen LogP contribution in [0, 0.1) is 0 Å². The predicted octanol–water partition coefficient (Wildman–Crippen LogP) is 7.09. The summed E-state index contributed by atoms with van der Waals surface area (Å²) in [5, 5.41) is 0. The summed E-state index contributed by atoms with van der Waals surface area (Å²) < 4.78 is 31.7. The van der Waals surface area contributed by atoms with Gasteiger partial charge in [-0.25, -0.2) is 4.57 Å². The first-order chi connectivity index (χ1) is 19.3. The van der Waals surface area contributed by atoms with Crippen molar-refractivity contribution in [1.82, 2.24) is 0 Å².